The van der Waals surface area contributed by atoms with Gasteiger partial charge in [0.15, 0.2) is 0 Å². The van der Waals surface area contributed by atoms with Gasteiger partial charge in [0.25, 0.3) is 0 Å². The smallest absolute Gasteiger partial charge is 0.0994 e. The fourth-order valence-electron chi connectivity index (χ4n) is 4.23. The summed E-state index contributed by atoms with van der Waals surface area (Å²) in [6.45, 7) is 12.9. The van der Waals surface area contributed by atoms with Crippen molar-refractivity contribution in [3.63, 3.8) is 0 Å². The highest BCUT2D eigenvalue weighted by Crippen LogP contribution is 2.38. The maximum Gasteiger partial charge on any atom is 0.0994 e. The summed E-state index contributed by atoms with van der Waals surface area (Å²) in [5.41, 5.74) is 6.27. The number of aryl methyl sites for hydroxylation is 2. The van der Waals surface area contributed by atoms with Crippen molar-refractivity contribution in [2.24, 2.45) is 5.92 Å². The Hall–Kier alpha value is -2.07. The Morgan fingerprint density at radius 2 is 1.63 bits per heavy atom. The first-order valence-corrected chi connectivity index (χ1v) is 12.2. The second-order valence-corrected chi connectivity index (χ2v) is 8.35. The number of nitrogens with zero attached hydrogens (tertiary/aromatic N) is 1. The van der Waals surface area contributed by atoms with Crippen LogP contribution in [0.4, 0.5) is 0 Å². The van der Waals surface area contributed by atoms with Gasteiger partial charge in [-0.15, -0.1) is 0 Å². The van der Waals surface area contributed by atoms with Gasteiger partial charge in [0.05, 0.1) is 11.6 Å². The molecular formula is C29H43N. The van der Waals surface area contributed by atoms with E-state index in [9.17, 15) is 0 Å². The largest absolute Gasteiger partial charge is 0.192 e. The minimum Gasteiger partial charge on any atom is -0.192 e. The molecule has 1 unspecified atom stereocenters. The Labute approximate surface area is 186 Å². The van der Waals surface area contributed by atoms with E-state index in [2.05, 4.69) is 63.2 Å². The summed E-state index contributed by atoms with van der Waals surface area (Å²) in [4.78, 5) is 0. The molecule has 0 amide bonds. The van der Waals surface area contributed by atoms with Crippen LogP contribution in [0.15, 0.2) is 42.5 Å². The molecule has 30 heavy (non-hydrogen) atoms. The van der Waals surface area contributed by atoms with Crippen LogP contribution < -0.4 is 0 Å². The van der Waals surface area contributed by atoms with Crippen molar-refractivity contribution in [1.29, 1.82) is 5.26 Å². The second-order valence-electron chi connectivity index (χ2n) is 8.35. The predicted molar refractivity (Wildman–Crippen MR) is 132 cm³/mol. The van der Waals surface area contributed by atoms with Gasteiger partial charge in [-0.3, -0.25) is 0 Å². The molecule has 0 fully saturated rings. The van der Waals surface area contributed by atoms with Crippen LogP contribution in [0.1, 0.15) is 107 Å². The summed E-state index contributed by atoms with van der Waals surface area (Å²) in [6, 6.07) is 17.4. The Balaban J connectivity index is 0.000000428. The molecule has 2 aromatic rings. The zero-order valence-corrected chi connectivity index (χ0v) is 20.3. The SMILES string of the molecule is CC.CCCCCCC.Cc1cc(C[C@H]2c3ccccc3CCC2C)ccc1C#N. The van der Waals surface area contributed by atoms with Crippen molar-refractivity contribution >= 4 is 0 Å². The molecule has 2 atom stereocenters. The van der Waals surface area contributed by atoms with E-state index in [0.29, 0.717) is 5.92 Å². The van der Waals surface area contributed by atoms with Gasteiger partial charge in [-0.1, -0.05) is 103 Å². The average molecular weight is 406 g/mol. The Morgan fingerprint density at radius 3 is 2.23 bits per heavy atom. The second kappa shape index (κ2) is 14.8. The van der Waals surface area contributed by atoms with Crippen LogP contribution in [0.2, 0.25) is 0 Å². The van der Waals surface area contributed by atoms with Crippen molar-refractivity contribution < 1.29 is 0 Å². The van der Waals surface area contributed by atoms with Crippen LogP contribution in [0.3, 0.4) is 0 Å². The summed E-state index contributed by atoms with van der Waals surface area (Å²) in [6.07, 6.45) is 10.6. The highest BCUT2D eigenvalue weighted by Gasteiger charge is 2.26. The zero-order valence-electron chi connectivity index (χ0n) is 20.3. The Kier molecular flexibility index (Phi) is 12.8. The molecule has 0 N–H and O–H groups in total. The normalized spacial score (nSPS) is 16.8. The van der Waals surface area contributed by atoms with E-state index in [0.717, 1.165) is 23.5 Å². The third kappa shape index (κ3) is 7.98. The van der Waals surface area contributed by atoms with Gasteiger partial charge in [0, 0.05) is 0 Å². The molecule has 0 aromatic heterocycles. The van der Waals surface area contributed by atoms with Crippen LogP contribution in [0, 0.1) is 24.2 Å². The third-order valence-corrected chi connectivity index (χ3v) is 6.08. The minimum absolute atomic E-state index is 0.599. The molecule has 1 aliphatic rings. The lowest BCUT2D eigenvalue weighted by Crippen LogP contribution is -2.20. The number of fused-ring (bicyclic) bond motifs is 1. The fourth-order valence-corrected chi connectivity index (χ4v) is 4.23. The predicted octanol–water partition coefficient (Wildman–Crippen LogP) is 8.78. The highest BCUT2D eigenvalue weighted by molar-refractivity contribution is 5.41. The summed E-state index contributed by atoms with van der Waals surface area (Å²) in [5, 5.41) is 9.05. The number of nitriles is 1. The lowest BCUT2D eigenvalue weighted by atomic mass is 9.73. The lowest BCUT2D eigenvalue weighted by molar-refractivity contribution is 0.400. The van der Waals surface area contributed by atoms with Crippen LogP contribution in [-0.4, -0.2) is 0 Å². The topological polar surface area (TPSA) is 23.8 Å². The van der Waals surface area contributed by atoms with E-state index in [1.54, 1.807) is 0 Å². The van der Waals surface area contributed by atoms with Gasteiger partial charge in [0.1, 0.15) is 0 Å². The maximum atomic E-state index is 9.05. The summed E-state index contributed by atoms with van der Waals surface area (Å²) >= 11 is 0. The van der Waals surface area contributed by atoms with Gasteiger partial charge in [-0.25, -0.2) is 0 Å². The standard InChI is InChI=1S/C20H21N.C7H16.C2H6/c1-14-7-9-17-5-3-4-6-19(17)20(14)12-16-8-10-18(13-21)15(2)11-16;1-3-5-7-6-4-2;1-2/h3-6,8,10-11,14,20H,7,9,12H2,1-2H3;3-7H2,1-2H3;1-2H3/t14?,20-;;/m1../s1. The average Bonchev–Trinajstić information content (AvgIpc) is 2.78. The maximum absolute atomic E-state index is 9.05. The van der Waals surface area contributed by atoms with E-state index in [1.165, 1.54) is 61.6 Å². The third-order valence-electron chi connectivity index (χ3n) is 6.08. The summed E-state index contributed by atoms with van der Waals surface area (Å²) in [5.74, 6) is 1.32. The van der Waals surface area contributed by atoms with E-state index in [4.69, 9.17) is 5.26 Å². The van der Waals surface area contributed by atoms with Crippen LogP contribution in [0.25, 0.3) is 0 Å². The minimum atomic E-state index is 0.599. The van der Waals surface area contributed by atoms with Gasteiger partial charge in [0.2, 0.25) is 0 Å². The molecule has 0 spiro atoms. The molecular weight excluding hydrogens is 362 g/mol. The molecule has 1 aliphatic carbocycles. The molecule has 0 radical (unpaired) electrons. The van der Waals surface area contributed by atoms with Gasteiger partial charge >= 0.3 is 0 Å². The van der Waals surface area contributed by atoms with Crippen molar-refractivity contribution in [3.05, 3.63) is 70.3 Å². The van der Waals surface area contributed by atoms with Gasteiger partial charge in [-0.05, 0) is 66.3 Å². The van der Waals surface area contributed by atoms with Gasteiger partial charge in [-0.2, -0.15) is 5.26 Å². The Bertz CT molecular complexity index is 764. The molecule has 0 aliphatic heterocycles. The quantitative estimate of drug-likeness (QED) is 0.440. The van der Waals surface area contributed by atoms with Crippen molar-refractivity contribution in [1.82, 2.24) is 0 Å². The van der Waals surface area contributed by atoms with Gasteiger partial charge < -0.3 is 0 Å². The van der Waals surface area contributed by atoms with Crippen molar-refractivity contribution in [2.75, 3.05) is 0 Å². The first-order valence-electron chi connectivity index (χ1n) is 12.2. The number of rotatable bonds is 6. The van der Waals surface area contributed by atoms with E-state index in [1.807, 2.05) is 26.8 Å². The molecule has 2 aromatic carbocycles. The molecule has 1 heteroatoms. The van der Waals surface area contributed by atoms with Crippen LogP contribution in [0.5, 0.6) is 0 Å². The zero-order chi connectivity index (χ0) is 22.4. The van der Waals surface area contributed by atoms with Crippen LogP contribution in [-0.2, 0) is 12.8 Å². The number of benzene rings is 2. The number of unbranched alkanes of at least 4 members (excludes halogenated alkanes) is 4. The molecule has 0 bridgehead atoms. The molecule has 0 saturated heterocycles. The summed E-state index contributed by atoms with van der Waals surface area (Å²) < 4.78 is 0. The molecule has 3 rings (SSSR count). The molecule has 0 saturated carbocycles. The molecule has 0 heterocycles. The summed E-state index contributed by atoms with van der Waals surface area (Å²) in [7, 11) is 0. The fraction of sp³-hybridized carbons (Fsp3) is 0.552. The number of hydrogen-bond donors (Lipinski definition) is 0. The van der Waals surface area contributed by atoms with Crippen molar-refractivity contribution in [3.8, 4) is 6.07 Å². The Morgan fingerprint density at radius 1 is 0.967 bits per heavy atom. The van der Waals surface area contributed by atoms with Crippen molar-refractivity contribution in [2.45, 2.75) is 98.8 Å². The molecule has 1 nitrogen and oxygen atoms in total. The first kappa shape index (κ1) is 26.0. The van der Waals surface area contributed by atoms with E-state index in [-0.39, 0.29) is 0 Å². The van der Waals surface area contributed by atoms with E-state index >= 15 is 0 Å². The molecule has 164 valence electrons. The highest BCUT2D eigenvalue weighted by atomic mass is 14.3. The lowest BCUT2D eigenvalue weighted by Gasteiger charge is -2.31. The first-order chi connectivity index (χ1) is 14.6. The number of hydrogen-bond acceptors (Lipinski definition) is 1. The monoisotopic (exact) mass is 405 g/mol. The van der Waals surface area contributed by atoms with E-state index < -0.39 is 0 Å². The van der Waals surface area contributed by atoms with Crippen LogP contribution >= 0.6 is 0 Å².